The number of hydrogen-bond acceptors (Lipinski definition) is 1. The highest BCUT2D eigenvalue weighted by molar-refractivity contribution is 9.10. The van der Waals surface area contributed by atoms with Gasteiger partial charge in [-0.25, -0.2) is 4.39 Å². The molecule has 1 unspecified atom stereocenters. The lowest BCUT2D eigenvalue weighted by atomic mass is 10.1. The molecule has 0 aliphatic carbocycles. The van der Waals surface area contributed by atoms with Crippen LogP contribution < -0.4 is 5.32 Å². The zero-order valence-electron chi connectivity index (χ0n) is 7.15. The lowest BCUT2D eigenvalue weighted by Gasteiger charge is -2.08. The Hall–Kier alpha value is -0.120. The molecule has 0 saturated heterocycles. The number of likely N-dealkylation sites (N-methyl/N-ethyl adjacent to an activating group) is 1. The molecule has 0 aliphatic rings. The molecule has 1 rings (SSSR count). The predicted octanol–water partition coefficient (Wildman–Crippen LogP) is 3.33. The molecule has 0 bridgehead atoms. The van der Waals surface area contributed by atoms with E-state index in [1.165, 1.54) is 0 Å². The average molecular weight is 267 g/mol. The Labute approximate surface area is 90.4 Å². The first-order valence-corrected chi connectivity index (χ1v) is 5.06. The van der Waals surface area contributed by atoms with Gasteiger partial charge in [-0.2, -0.15) is 0 Å². The lowest BCUT2D eigenvalue weighted by Crippen LogP contribution is -2.13. The topological polar surface area (TPSA) is 12.0 Å². The van der Waals surface area contributed by atoms with E-state index in [2.05, 4.69) is 21.2 Å². The highest BCUT2D eigenvalue weighted by atomic mass is 79.9. The van der Waals surface area contributed by atoms with Gasteiger partial charge < -0.3 is 5.32 Å². The molecule has 13 heavy (non-hydrogen) atoms. The van der Waals surface area contributed by atoms with Crippen LogP contribution in [0.5, 0.6) is 0 Å². The van der Waals surface area contributed by atoms with Gasteiger partial charge in [0.05, 0.1) is 5.02 Å². The molecule has 0 amide bonds. The van der Waals surface area contributed by atoms with Crippen LogP contribution in [0.2, 0.25) is 5.02 Å². The number of nitrogens with one attached hydrogen (secondary N) is 1. The third-order valence-electron chi connectivity index (χ3n) is 1.69. The minimum absolute atomic E-state index is 0.304. The Morgan fingerprint density at radius 3 is 2.85 bits per heavy atom. The van der Waals surface area contributed by atoms with Gasteiger partial charge in [-0.3, -0.25) is 0 Å². The summed E-state index contributed by atoms with van der Waals surface area (Å²) in [5.41, 5.74) is 0.600. The Kier molecular flexibility index (Phi) is 4.16. The molecule has 1 nitrogen and oxygen atoms in total. The van der Waals surface area contributed by atoms with Crippen LogP contribution in [0, 0.1) is 0 Å². The number of halogens is 3. The molecule has 0 radical (unpaired) electrons. The lowest BCUT2D eigenvalue weighted by molar-refractivity contribution is 0.335. The van der Waals surface area contributed by atoms with E-state index in [0.717, 1.165) is 4.47 Å². The van der Waals surface area contributed by atoms with E-state index in [-0.39, 0.29) is 0 Å². The quantitative estimate of drug-likeness (QED) is 0.885. The number of hydrogen-bond donors (Lipinski definition) is 1. The molecule has 72 valence electrons. The zero-order valence-corrected chi connectivity index (χ0v) is 9.49. The van der Waals surface area contributed by atoms with Crippen molar-refractivity contribution >= 4 is 27.5 Å². The average Bonchev–Trinajstić information content (AvgIpc) is 2.10. The fraction of sp³-hybridized carbons (Fsp3) is 0.333. The van der Waals surface area contributed by atoms with E-state index in [1.54, 1.807) is 25.2 Å². The van der Waals surface area contributed by atoms with Crippen molar-refractivity contribution < 1.29 is 4.39 Å². The maximum Gasteiger partial charge on any atom is 0.138 e. The predicted molar refractivity (Wildman–Crippen MR) is 56.9 cm³/mol. The van der Waals surface area contributed by atoms with Gasteiger partial charge in [0, 0.05) is 11.0 Å². The van der Waals surface area contributed by atoms with Crippen molar-refractivity contribution in [3.05, 3.63) is 33.3 Å². The molecule has 0 spiro atoms. The van der Waals surface area contributed by atoms with Crippen molar-refractivity contribution in [2.45, 2.75) is 6.17 Å². The second-order valence-corrected chi connectivity index (χ2v) is 3.96. The highest BCUT2D eigenvalue weighted by Crippen LogP contribution is 2.27. The van der Waals surface area contributed by atoms with Gasteiger partial charge in [-0.1, -0.05) is 17.7 Å². The molecule has 1 N–H and O–H groups in total. The standard InChI is InChI=1S/C9H10BrClFN/c1-13-5-9(12)6-2-3-7(10)8(11)4-6/h2-4,9,13H,5H2,1H3. The fourth-order valence-corrected chi connectivity index (χ4v) is 1.44. The van der Waals surface area contributed by atoms with Crippen LogP contribution in [0.1, 0.15) is 11.7 Å². The Morgan fingerprint density at radius 2 is 2.31 bits per heavy atom. The Bertz CT molecular complexity index is 293. The molecule has 0 aliphatic heterocycles. The van der Waals surface area contributed by atoms with Gasteiger partial charge in [0.2, 0.25) is 0 Å². The van der Waals surface area contributed by atoms with Crippen molar-refractivity contribution in [1.82, 2.24) is 5.32 Å². The highest BCUT2D eigenvalue weighted by Gasteiger charge is 2.09. The molecule has 0 heterocycles. The summed E-state index contributed by atoms with van der Waals surface area (Å²) >= 11 is 9.07. The van der Waals surface area contributed by atoms with Crippen molar-refractivity contribution in [1.29, 1.82) is 0 Å². The normalized spacial score (nSPS) is 12.9. The van der Waals surface area contributed by atoms with Gasteiger partial charge in [0.1, 0.15) is 6.17 Å². The van der Waals surface area contributed by atoms with Gasteiger partial charge in [0.25, 0.3) is 0 Å². The number of alkyl halides is 1. The summed E-state index contributed by atoms with van der Waals surface area (Å²) in [5.74, 6) is 0. The molecule has 1 aromatic carbocycles. The summed E-state index contributed by atoms with van der Waals surface area (Å²) < 4.78 is 14.1. The Balaban J connectivity index is 2.84. The van der Waals surface area contributed by atoms with Crippen LogP contribution in [0.25, 0.3) is 0 Å². The molecule has 0 saturated carbocycles. The summed E-state index contributed by atoms with van der Waals surface area (Å²) in [7, 11) is 1.72. The van der Waals surface area contributed by atoms with Crippen molar-refractivity contribution in [2.75, 3.05) is 13.6 Å². The van der Waals surface area contributed by atoms with Crippen LogP contribution >= 0.6 is 27.5 Å². The first kappa shape index (κ1) is 11.0. The monoisotopic (exact) mass is 265 g/mol. The summed E-state index contributed by atoms with van der Waals surface area (Å²) in [4.78, 5) is 0. The first-order chi connectivity index (χ1) is 6.15. The van der Waals surface area contributed by atoms with Crippen LogP contribution in [-0.2, 0) is 0 Å². The van der Waals surface area contributed by atoms with E-state index in [1.807, 2.05) is 0 Å². The van der Waals surface area contributed by atoms with Crippen LogP contribution in [0.15, 0.2) is 22.7 Å². The maximum atomic E-state index is 13.3. The van der Waals surface area contributed by atoms with E-state index in [0.29, 0.717) is 17.1 Å². The summed E-state index contributed by atoms with van der Waals surface area (Å²) in [6.45, 7) is 0.304. The van der Waals surface area contributed by atoms with Crippen LogP contribution in [0.3, 0.4) is 0 Å². The molecule has 0 fully saturated rings. The molecular formula is C9H10BrClFN. The third-order valence-corrected chi connectivity index (χ3v) is 2.92. The second-order valence-electron chi connectivity index (χ2n) is 2.70. The second kappa shape index (κ2) is 4.94. The van der Waals surface area contributed by atoms with Crippen LogP contribution in [0.4, 0.5) is 4.39 Å². The van der Waals surface area contributed by atoms with Gasteiger partial charge >= 0.3 is 0 Å². The minimum atomic E-state index is -1.00. The molecular weight excluding hydrogens is 256 g/mol. The molecule has 0 aromatic heterocycles. The van der Waals surface area contributed by atoms with Gasteiger partial charge in [-0.05, 0) is 40.7 Å². The number of rotatable bonds is 3. The van der Waals surface area contributed by atoms with Crippen molar-refractivity contribution in [3.63, 3.8) is 0 Å². The summed E-state index contributed by atoms with van der Waals surface area (Å²) in [6.07, 6.45) is -1.00. The third kappa shape index (κ3) is 2.93. The van der Waals surface area contributed by atoms with E-state index >= 15 is 0 Å². The summed E-state index contributed by atoms with van der Waals surface area (Å²) in [6, 6.07) is 5.10. The van der Waals surface area contributed by atoms with E-state index in [4.69, 9.17) is 11.6 Å². The van der Waals surface area contributed by atoms with Crippen molar-refractivity contribution in [2.24, 2.45) is 0 Å². The molecule has 1 atom stereocenters. The fourth-order valence-electron chi connectivity index (χ4n) is 1.00. The zero-order chi connectivity index (χ0) is 9.84. The van der Waals surface area contributed by atoms with E-state index < -0.39 is 6.17 Å². The SMILES string of the molecule is CNCC(F)c1ccc(Br)c(Cl)c1. The molecule has 4 heteroatoms. The Morgan fingerprint density at radius 1 is 1.62 bits per heavy atom. The maximum absolute atomic E-state index is 13.3. The van der Waals surface area contributed by atoms with Crippen LogP contribution in [-0.4, -0.2) is 13.6 Å². The largest absolute Gasteiger partial charge is 0.317 e. The smallest absolute Gasteiger partial charge is 0.138 e. The number of benzene rings is 1. The van der Waals surface area contributed by atoms with E-state index in [9.17, 15) is 4.39 Å². The minimum Gasteiger partial charge on any atom is -0.317 e. The van der Waals surface area contributed by atoms with Gasteiger partial charge in [0.15, 0.2) is 0 Å². The van der Waals surface area contributed by atoms with Crippen molar-refractivity contribution in [3.8, 4) is 0 Å². The first-order valence-electron chi connectivity index (χ1n) is 3.88. The summed E-state index contributed by atoms with van der Waals surface area (Å²) in [5, 5.41) is 3.31. The molecule has 1 aromatic rings. The van der Waals surface area contributed by atoms with Gasteiger partial charge in [-0.15, -0.1) is 0 Å².